The van der Waals surface area contributed by atoms with E-state index in [2.05, 4.69) is 38.3 Å². The average Bonchev–Trinajstić information content (AvgIpc) is 2.69. The first-order valence-corrected chi connectivity index (χ1v) is 9.17. The van der Waals surface area contributed by atoms with E-state index in [4.69, 9.17) is 14.5 Å². The second-order valence-corrected chi connectivity index (χ2v) is 6.53. The van der Waals surface area contributed by atoms with Gasteiger partial charge in [-0.15, -0.1) is 0 Å². The molecule has 2 saturated heterocycles. The number of benzene rings is 1. The van der Waals surface area contributed by atoms with E-state index < -0.39 is 0 Å². The van der Waals surface area contributed by atoms with Crippen molar-refractivity contribution >= 4 is 23.1 Å². The Balaban J connectivity index is 1.58. The van der Waals surface area contributed by atoms with E-state index in [0.29, 0.717) is 5.95 Å². The van der Waals surface area contributed by atoms with Crippen molar-refractivity contribution in [2.24, 2.45) is 0 Å². The molecule has 0 atom stereocenters. The molecule has 1 aromatic carbocycles. The van der Waals surface area contributed by atoms with Crippen LogP contribution in [0.25, 0.3) is 0 Å². The summed E-state index contributed by atoms with van der Waals surface area (Å²) in [7, 11) is 0. The smallest absolute Gasteiger partial charge is 0.229 e. The predicted molar refractivity (Wildman–Crippen MR) is 103 cm³/mol. The van der Waals surface area contributed by atoms with Gasteiger partial charge in [-0.2, -0.15) is 4.98 Å². The Kier molecular flexibility index (Phi) is 5.17. The third-order valence-corrected chi connectivity index (χ3v) is 4.68. The van der Waals surface area contributed by atoms with Crippen LogP contribution in [0.4, 0.5) is 23.1 Å². The molecule has 0 saturated carbocycles. The summed E-state index contributed by atoms with van der Waals surface area (Å²) in [6, 6.07) is 10.3. The zero-order chi connectivity index (χ0) is 17.8. The van der Waals surface area contributed by atoms with E-state index in [1.807, 2.05) is 19.1 Å². The number of aromatic nitrogens is 2. The van der Waals surface area contributed by atoms with Crippen molar-refractivity contribution in [2.75, 3.05) is 67.7 Å². The Morgan fingerprint density at radius 1 is 0.885 bits per heavy atom. The first-order chi connectivity index (χ1) is 12.8. The fourth-order valence-corrected chi connectivity index (χ4v) is 3.34. The molecule has 2 aliphatic heterocycles. The van der Waals surface area contributed by atoms with Crippen LogP contribution in [0, 0.1) is 6.92 Å². The van der Waals surface area contributed by atoms with Crippen LogP contribution >= 0.6 is 0 Å². The molecule has 1 N–H and O–H groups in total. The number of hydrogen-bond acceptors (Lipinski definition) is 7. The third-order valence-electron chi connectivity index (χ3n) is 4.68. The fraction of sp³-hybridized carbons (Fsp3) is 0.474. The summed E-state index contributed by atoms with van der Waals surface area (Å²) in [5.74, 6) is 1.58. The van der Waals surface area contributed by atoms with Crippen molar-refractivity contribution in [3.05, 3.63) is 36.0 Å². The minimum absolute atomic E-state index is 0.632. The summed E-state index contributed by atoms with van der Waals surface area (Å²) < 4.78 is 10.9. The van der Waals surface area contributed by atoms with Gasteiger partial charge in [0.2, 0.25) is 5.95 Å². The lowest BCUT2D eigenvalue weighted by Crippen LogP contribution is -2.37. The topological polar surface area (TPSA) is 62.8 Å². The van der Waals surface area contributed by atoms with Crippen LogP contribution in [0.15, 0.2) is 30.3 Å². The van der Waals surface area contributed by atoms with Gasteiger partial charge < -0.3 is 24.6 Å². The molecule has 0 aliphatic carbocycles. The van der Waals surface area contributed by atoms with Crippen LogP contribution in [-0.4, -0.2) is 62.6 Å². The first kappa shape index (κ1) is 17.1. The summed E-state index contributed by atoms with van der Waals surface area (Å²) in [5, 5.41) is 3.43. The third kappa shape index (κ3) is 3.89. The first-order valence-electron chi connectivity index (χ1n) is 9.17. The number of morpholine rings is 2. The lowest BCUT2D eigenvalue weighted by Gasteiger charge is -2.31. The molecule has 26 heavy (non-hydrogen) atoms. The zero-order valence-corrected chi connectivity index (χ0v) is 15.1. The number of ether oxygens (including phenoxy) is 2. The summed E-state index contributed by atoms with van der Waals surface area (Å²) in [5.41, 5.74) is 3.13. The molecule has 0 radical (unpaired) electrons. The largest absolute Gasteiger partial charge is 0.378 e. The normalized spacial score (nSPS) is 18.0. The number of aryl methyl sites for hydroxylation is 1. The minimum atomic E-state index is 0.632. The Labute approximate surface area is 153 Å². The lowest BCUT2D eigenvalue weighted by molar-refractivity contribution is 0.122. The van der Waals surface area contributed by atoms with Crippen molar-refractivity contribution < 1.29 is 9.47 Å². The van der Waals surface area contributed by atoms with E-state index in [-0.39, 0.29) is 0 Å². The maximum Gasteiger partial charge on any atom is 0.229 e. The van der Waals surface area contributed by atoms with Crippen LogP contribution in [0.2, 0.25) is 0 Å². The lowest BCUT2D eigenvalue weighted by atomic mass is 10.2. The molecule has 7 nitrogen and oxygen atoms in total. The Morgan fingerprint density at radius 2 is 1.54 bits per heavy atom. The van der Waals surface area contributed by atoms with E-state index in [0.717, 1.165) is 75.5 Å². The number of para-hydroxylation sites is 2. The molecular formula is C19H25N5O2. The molecule has 0 spiro atoms. The highest BCUT2D eigenvalue weighted by atomic mass is 16.5. The predicted octanol–water partition coefficient (Wildman–Crippen LogP) is 2.20. The molecule has 0 amide bonds. The highest BCUT2D eigenvalue weighted by molar-refractivity contribution is 5.73. The van der Waals surface area contributed by atoms with E-state index >= 15 is 0 Å². The molecule has 0 bridgehead atoms. The molecule has 2 aromatic rings. The van der Waals surface area contributed by atoms with Gasteiger partial charge in [0.15, 0.2) is 0 Å². The van der Waals surface area contributed by atoms with Crippen molar-refractivity contribution in [3.8, 4) is 0 Å². The summed E-state index contributed by atoms with van der Waals surface area (Å²) in [6.45, 7) is 8.52. The molecule has 2 fully saturated rings. The van der Waals surface area contributed by atoms with Crippen LogP contribution in [0.1, 0.15) is 5.69 Å². The van der Waals surface area contributed by atoms with Gasteiger partial charge in [-0.3, -0.25) is 0 Å². The van der Waals surface area contributed by atoms with E-state index in [1.165, 1.54) is 0 Å². The van der Waals surface area contributed by atoms with Crippen LogP contribution in [0.5, 0.6) is 0 Å². The van der Waals surface area contributed by atoms with Crippen LogP contribution in [-0.2, 0) is 9.47 Å². The maximum atomic E-state index is 5.48. The van der Waals surface area contributed by atoms with E-state index in [9.17, 15) is 0 Å². The summed E-state index contributed by atoms with van der Waals surface area (Å²) in [4.78, 5) is 13.9. The highest BCUT2D eigenvalue weighted by Gasteiger charge is 2.17. The number of anilines is 4. The van der Waals surface area contributed by atoms with Gasteiger partial charge in [-0.25, -0.2) is 4.98 Å². The van der Waals surface area contributed by atoms with Gasteiger partial charge in [0, 0.05) is 37.9 Å². The van der Waals surface area contributed by atoms with Crippen LogP contribution < -0.4 is 15.1 Å². The fourth-order valence-electron chi connectivity index (χ4n) is 3.34. The molecular weight excluding hydrogens is 330 g/mol. The second-order valence-electron chi connectivity index (χ2n) is 6.53. The number of rotatable bonds is 4. The molecule has 4 rings (SSSR count). The van der Waals surface area contributed by atoms with Gasteiger partial charge in [-0.05, 0) is 19.1 Å². The number of nitrogens with zero attached hydrogens (tertiary/aromatic N) is 4. The summed E-state index contributed by atoms with van der Waals surface area (Å²) in [6.07, 6.45) is 0. The Bertz CT molecular complexity index is 742. The molecule has 2 aliphatic rings. The average molecular weight is 355 g/mol. The van der Waals surface area contributed by atoms with Crippen molar-refractivity contribution in [1.29, 1.82) is 0 Å². The quantitative estimate of drug-likeness (QED) is 0.902. The van der Waals surface area contributed by atoms with Gasteiger partial charge in [0.05, 0.1) is 37.8 Å². The monoisotopic (exact) mass is 355 g/mol. The van der Waals surface area contributed by atoms with Gasteiger partial charge in [0.1, 0.15) is 5.82 Å². The highest BCUT2D eigenvalue weighted by Crippen LogP contribution is 2.29. The Hall–Kier alpha value is -2.38. The molecule has 7 heteroatoms. The standard InChI is InChI=1S/C19H25N5O2/c1-15-14-18(24-8-12-26-13-9-24)22-19(20-15)21-16-4-2-3-5-17(16)23-6-10-25-11-7-23/h2-5,14H,6-13H2,1H3,(H,20,21,22). The molecule has 0 unspecified atom stereocenters. The second kappa shape index (κ2) is 7.88. The molecule has 138 valence electrons. The SMILES string of the molecule is Cc1cc(N2CCOCC2)nc(Nc2ccccc2N2CCOCC2)n1. The van der Waals surface area contributed by atoms with Gasteiger partial charge in [0.25, 0.3) is 0 Å². The zero-order valence-electron chi connectivity index (χ0n) is 15.1. The van der Waals surface area contributed by atoms with Gasteiger partial charge in [-0.1, -0.05) is 12.1 Å². The van der Waals surface area contributed by atoms with Crippen LogP contribution in [0.3, 0.4) is 0 Å². The number of hydrogen-bond donors (Lipinski definition) is 1. The van der Waals surface area contributed by atoms with E-state index in [1.54, 1.807) is 0 Å². The van der Waals surface area contributed by atoms with Crippen molar-refractivity contribution in [3.63, 3.8) is 0 Å². The number of nitrogens with one attached hydrogen (secondary N) is 1. The maximum absolute atomic E-state index is 5.48. The summed E-state index contributed by atoms with van der Waals surface area (Å²) >= 11 is 0. The van der Waals surface area contributed by atoms with Gasteiger partial charge >= 0.3 is 0 Å². The van der Waals surface area contributed by atoms with Crippen molar-refractivity contribution in [1.82, 2.24) is 9.97 Å². The minimum Gasteiger partial charge on any atom is -0.378 e. The van der Waals surface area contributed by atoms with Crippen molar-refractivity contribution in [2.45, 2.75) is 6.92 Å². The molecule has 3 heterocycles. The molecule has 1 aromatic heterocycles. The Morgan fingerprint density at radius 3 is 2.27 bits per heavy atom.